The van der Waals surface area contributed by atoms with Crippen molar-refractivity contribution in [3.05, 3.63) is 29.3 Å². The molecule has 8 heteroatoms. The fraction of sp³-hybridized carbons (Fsp3) is 0.562. The highest BCUT2D eigenvalue weighted by Gasteiger charge is 2.31. The van der Waals surface area contributed by atoms with E-state index in [4.69, 9.17) is 10.5 Å². The zero-order chi connectivity index (χ0) is 17.6. The third-order valence-corrected chi connectivity index (χ3v) is 3.26. The number of nitrogens with one attached hydrogen (secondary N) is 1. The van der Waals surface area contributed by atoms with Gasteiger partial charge in [0.1, 0.15) is 6.10 Å². The van der Waals surface area contributed by atoms with Gasteiger partial charge >= 0.3 is 6.18 Å². The van der Waals surface area contributed by atoms with Gasteiger partial charge < -0.3 is 15.8 Å². The summed E-state index contributed by atoms with van der Waals surface area (Å²) in [6.07, 6.45) is -4.44. The zero-order valence-corrected chi connectivity index (χ0v) is 14.8. The Morgan fingerprint density at radius 2 is 1.88 bits per heavy atom. The molecule has 0 fully saturated rings. The Morgan fingerprint density at radius 1 is 1.25 bits per heavy atom. The first-order chi connectivity index (χ1) is 10.6. The fourth-order valence-corrected chi connectivity index (χ4v) is 1.85. The number of halogens is 4. The van der Waals surface area contributed by atoms with Gasteiger partial charge in [0, 0.05) is 18.8 Å². The summed E-state index contributed by atoms with van der Waals surface area (Å²) in [4.78, 5) is 12.0. The van der Waals surface area contributed by atoms with Crippen molar-refractivity contribution in [1.82, 2.24) is 0 Å². The molecular weight excluding hydrogens is 345 g/mol. The van der Waals surface area contributed by atoms with Crippen LogP contribution in [0.2, 0.25) is 0 Å². The molecule has 1 rings (SSSR count). The van der Waals surface area contributed by atoms with Crippen molar-refractivity contribution in [3.63, 3.8) is 0 Å². The molecule has 24 heavy (non-hydrogen) atoms. The molecule has 0 aromatic heterocycles. The maximum atomic E-state index is 12.8. The molecule has 3 N–H and O–H groups in total. The second-order valence-corrected chi connectivity index (χ2v) is 5.81. The highest BCUT2D eigenvalue weighted by molar-refractivity contribution is 5.94. The summed E-state index contributed by atoms with van der Waals surface area (Å²) in [5.41, 5.74) is 4.92. The van der Waals surface area contributed by atoms with Gasteiger partial charge in [0.25, 0.3) is 5.91 Å². The first-order valence-electron chi connectivity index (χ1n) is 7.47. The molecule has 0 aliphatic heterocycles. The molecule has 0 aliphatic carbocycles. The predicted octanol–water partition coefficient (Wildman–Crippen LogP) is 3.98. The van der Waals surface area contributed by atoms with Crippen molar-refractivity contribution in [2.24, 2.45) is 11.7 Å². The molecule has 0 spiro atoms. The van der Waals surface area contributed by atoms with Gasteiger partial charge in [-0.15, -0.1) is 12.4 Å². The van der Waals surface area contributed by atoms with Crippen molar-refractivity contribution >= 4 is 24.0 Å². The van der Waals surface area contributed by atoms with Gasteiger partial charge in [0.2, 0.25) is 0 Å². The van der Waals surface area contributed by atoms with E-state index in [-0.39, 0.29) is 24.6 Å². The van der Waals surface area contributed by atoms with Crippen LogP contribution in [0.3, 0.4) is 0 Å². The third kappa shape index (κ3) is 7.51. The van der Waals surface area contributed by atoms with E-state index in [1.807, 2.05) is 13.8 Å². The standard InChI is InChI=1S/C16H23F3N2O2.ClH/c1-10(2)4-5-23-11(3)15(22)21-14-7-12(9-20)6-13(8-14)16(17,18)19;/h6-8,10-11H,4-5,9,20H2,1-3H3,(H,21,22);1H. The molecule has 1 aromatic rings. The van der Waals surface area contributed by atoms with Crippen LogP contribution in [0.5, 0.6) is 0 Å². The van der Waals surface area contributed by atoms with E-state index in [1.54, 1.807) is 6.92 Å². The number of alkyl halides is 3. The van der Waals surface area contributed by atoms with Crippen molar-refractivity contribution in [2.75, 3.05) is 11.9 Å². The molecule has 1 atom stereocenters. The Kier molecular flexibility index (Phi) is 9.32. The summed E-state index contributed by atoms with van der Waals surface area (Å²) < 4.78 is 43.9. The molecule has 0 saturated heterocycles. The largest absolute Gasteiger partial charge is 0.416 e. The number of ether oxygens (including phenoxy) is 1. The summed E-state index contributed by atoms with van der Waals surface area (Å²) >= 11 is 0. The van der Waals surface area contributed by atoms with E-state index in [9.17, 15) is 18.0 Å². The van der Waals surface area contributed by atoms with Crippen LogP contribution in [0, 0.1) is 5.92 Å². The van der Waals surface area contributed by atoms with Gasteiger partial charge in [-0.2, -0.15) is 13.2 Å². The van der Waals surface area contributed by atoms with Crippen LogP contribution in [0.4, 0.5) is 18.9 Å². The molecule has 1 aromatic carbocycles. The van der Waals surface area contributed by atoms with Crippen LogP contribution < -0.4 is 11.1 Å². The third-order valence-electron chi connectivity index (χ3n) is 3.26. The van der Waals surface area contributed by atoms with Crippen molar-refractivity contribution in [2.45, 2.75) is 46.0 Å². The number of benzene rings is 1. The second-order valence-electron chi connectivity index (χ2n) is 5.81. The van der Waals surface area contributed by atoms with Gasteiger partial charge in [-0.3, -0.25) is 4.79 Å². The average molecular weight is 369 g/mol. The van der Waals surface area contributed by atoms with E-state index in [2.05, 4.69) is 5.32 Å². The Hall–Kier alpha value is -1.31. The number of amides is 1. The lowest BCUT2D eigenvalue weighted by atomic mass is 10.1. The SMILES string of the molecule is CC(C)CCOC(C)C(=O)Nc1cc(CN)cc(C(F)(F)F)c1.Cl. The predicted molar refractivity (Wildman–Crippen MR) is 90.1 cm³/mol. The minimum Gasteiger partial charge on any atom is -0.369 e. The van der Waals surface area contributed by atoms with Crippen LogP contribution in [0.1, 0.15) is 38.3 Å². The Morgan fingerprint density at radius 3 is 2.38 bits per heavy atom. The number of anilines is 1. The van der Waals surface area contributed by atoms with Gasteiger partial charge in [0.05, 0.1) is 5.56 Å². The number of rotatable bonds is 7. The number of nitrogens with two attached hydrogens (primary N) is 1. The molecule has 1 amide bonds. The number of carbonyl (C=O) groups excluding carboxylic acids is 1. The van der Waals surface area contributed by atoms with E-state index in [1.165, 1.54) is 6.07 Å². The molecule has 0 saturated carbocycles. The maximum absolute atomic E-state index is 12.8. The van der Waals surface area contributed by atoms with E-state index in [0.717, 1.165) is 18.6 Å². The molecule has 138 valence electrons. The minimum atomic E-state index is -4.50. The lowest BCUT2D eigenvalue weighted by Gasteiger charge is -2.16. The summed E-state index contributed by atoms with van der Waals surface area (Å²) in [6.45, 7) is 6.00. The molecule has 0 heterocycles. The first kappa shape index (κ1) is 22.7. The smallest absolute Gasteiger partial charge is 0.369 e. The van der Waals surface area contributed by atoms with Gasteiger partial charge in [-0.25, -0.2) is 0 Å². The van der Waals surface area contributed by atoms with E-state index < -0.39 is 23.8 Å². The molecule has 1 unspecified atom stereocenters. The highest BCUT2D eigenvalue weighted by Crippen LogP contribution is 2.32. The summed E-state index contributed by atoms with van der Waals surface area (Å²) in [7, 11) is 0. The van der Waals surface area contributed by atoms with Gasteiger partial charge in [-0.1, -0.05) is 13.8 Å². The lowest BCUT2D eigenvalue weighted by Crippen LogP contribution is -2.28. The normalized spacial score (nSPS) is 12.7. The van der Waals surface area contributed by atoms with Crippen LogP contribution in [-0.2, 0) is 22.3 Å². The monoisotopic (exact) mass is 368 g/mol. The van der Waals surface area contributed by atoms with Crippen LogP contribution in [-0.4, -0.2) is 18.6 Å². The van der Waals surface area contributed by atoms with Crippen molar-refractivity contribution < 1.29 is 22.7 Å². The second kappa shape index (κ2) is 9.86. The minimum absolute atomic E-state index is 0. The Labute approximate surface area is 146 Å². The zero-order valence-electron chi connectivity index (χ0n) is 13.9. The summed E-state index contributed by atoms with van der Waals surface area (Å²) in [6, 6.07) is 3.28. The molecule has 0 radical (unpaired) electrons. The average Bonchev–Trinajstić information content (AvgIpc) is 2.45. The number of carbonyl (C=O) groups is 1. The molecule has 0 bridgehead atoms. The fourth-order valence-electron chi connectivity index (χ4n) is 1.85. The maximum Gasteiger partial charge on any atom is 0.416 e. The number of hydrogen-bond donors (Lipinski definition) is 2. The summed E-state index contributed by atoms with van der Waals surface area (Å²) in [5, 5.41) is 2.45. The molecular formula is C16H24ClF3N2O2. The Bertz CT molecular complexity index is 537. The van der Waals surface area contributed by atoms with Gasteiger partial charge in [0.15, 0.2) is 0 Å². The number of hydrogen-bond acceptors (Lipinski definition) is 3. The molecule has 0 aliphatic rings. The van der Waals surface area contributed by atoms with Crippen LogP contribution in [0.15, 0.2) is 18.2 Å². The van der Waals surface area contributed by atoms with Crippen LogP contribution in [0.25, 0.3) is 0 Å². The Balaban J connectivity index is 0.00000529. The van der Waals surface area contributed by atoms with Crippen molar-refractivity contribution in [3.8, 4) is 0 Å². The van der Waals surface area contributed by atoms with E-state index in [0.29, 0.717) is 18.1 Å². The van der Waals surface area contributed by atoms with Crippen LogP contribution >= 0.6 is 12.4 Å². The lowest BCUT2D eigenvalue weighted by molar-refractivity contribution is -0.137. The quantitative estimate of drug-likeness (QED) is 0.765. The van der Waals surface area contributed by atoms with E-state index >= 15 is 0 Å². The first-order valence-corrected chi connectivity index (χ1v) is 7.47. The van der Waals surface area contributed by atoms with Gasteiger partial charge in [-0.05, 0) is 43.0 Å². The highest BCUT2D eigenvalue weighted by atomic mass is 35.5. The summed E-state index contributed by atoms with van der Waals surface area (Å²) in [5.74, 6) is -0.0445. The molecule has 4 nitrogen and oxygen atoms in total. The van der Waals surface area contributed by atoms with Crippen molar-refractivity contribution in [1.29, 1.82) is 0 Å². The topological polar surface area (TPSA) is 64.3 Å².